The van der Waals surface area contributed by atoms with E-state index < -0.39 is 5.91 Å². The first kappa shape index (κ1) is 12.9. The second kappa shape index (κ2) is 5.00. The van der Waals surface area contributed by atoms with E-state index in [0.717, 1.165) is 0 Å². The Hall–Kier alpha value is -2.52. The maximum Gasteiger partial charge on any atom is 0.278 e. The number of nitrogen functional groups attached to an aromatic ring is 1. The van der Waals surface area contributed by atoms with Gasteiger partial charge < -0.3 is 11.1 Å². The van der Waals surface area contributed by atoms with Crippen LogP contribution in [0, 0.1) is 11.3 Å². The zero-order valence-corrected chi connectivity index (χ0v) is 10.8. The number of benzene rings is 1. The summed E-state index contributed by atoms with van der Waals surface area (Å²) in [5.74, 6) is -0.454. The molecule has 0 atom stereocenters. The standard InChI is InChI=1S/C12H10ClN5O/c1-18-6-9(15)11(17-18)12(19)16-10-3-2-7(5-14)4-8(10)13/h2-4,6H,15H2,1H3,(H,16,19). The van der Waals surface area contributed by atoms with E-state index in [0.29, 0.717) is 11.3 Å². The van der Waals surface area contributed by atoms with Gasteiger partial charge in [0.15, 0.2) is 5.69 Å². The monoisotopic (exact) mass is 275 g/mol. The van der Waals surface area contributed by atoms with Crippen molar-refractivity contribution in [3.63, 3.8) is 0 Å². The number of nitrogens with zero attached hydrogens (tertiary/aromatic N) is 3. The molecular weight excluding hydrogens is 266 g/mol. The second-order valence-corrected chi connectivity index (χ2v) is 4.27. The van der Waals surface area contributed by atoms with Crippen molar-refractivity contribution in [2.75, 3.05) is 11.1 Å². The Labute approximate surface area is 114 Å². The number of halogens is 1. The number of nitrogens with two attached hydrogens (primary N) is 1. The number of nitrogens with one attached hydrogen (secondary N) is 1. The maximum absolute atomic E-state index is 12.0. The molecule has 0 radical (unpaired) electrons. The van der Waals surface area contributed by atoms with E-state index in [9.17, 15) is 4.79 Å². The number of carbonyl (C=O) groups is 1. The molecule has 0 saturated heterocycles. The van der Waals surface area contributed by atoms with Crippen LogP contribution in [0.2, 0.25) is 5.02 Å². The molecule has 6 nitrogen and oxygen atoms in total. The van der Waals surface area contributed by atoms with Crippen molar-refractivity contribution in [2.24, 2.45) is 7.05 Å². The molecule has 0 aliphatic heterocycles. The lowest BCUT2D eigenvalue weighted by Crippen LogP contribution is -2.14. The highest BCUT2D eigenvalue weighted by molar-refractivity contribution is 6.34. The minimum Gasteiger partial charge on any atom is -0.396 e. The molecule has 1 amide bonds. The van der Waals surface area contributed by atoms with Crippen LogP contribution >= 0.6 is 11.6 Å². The largest absolute Gasteiger partial charge is 0.396 e. The Bertz CT molecular complexity index is 686. The van der Waals surface area contributed by atoms with Crippen LogP contribution in [-0.2, 0) is 7.05 Å². The van der Waals surface area contributed by atoms with E-state index in [4.69, 9.17) is 22.6 Å². The van der Waals surface area contributed by atoms with Gasteiger partial charge in [0.25, 0.3) is 5.91 Å². The topological polar surface area (TPSA) is 96.7 Å². The first-order valence-electron chi connectivity index (χ1n) is 5.31. The van der Waals surface area contributed by atoms with Gasteiger partial charge in [0.2, 0.25) is 0 Å². The number of hydrogen-bond donors (Lipinski definition) is 2. The summed E-state index contributed by atoms with van der Waals surface area (Å²) in [6.07, 6.45) is 1.54. The molecule has 3 N–H and O–H groups in total. The summed E-state index contributed by atoms with van der Waals surface area (Å²) in [5.41, 5.74) is 6.89. The molecule has 2 rings (SSSR count). The van der Waals surface area contributed by atoms with Crippen LogP contribution in [0.25, 0.3) is 0 Å². The zero-order chi connectivity index (χ0) is 14.0. The minimum atomic E-state index is -0.454. The van der Waals surface area contributed by atoms with E-state index in [1.165, 1.54) is 16.9 Å². The Kier molecular flexibility index (Phi) is 3.40. The average Bonchev–Trinajstić information content (AvgIpc) is 2.71. The zero-order valence-electron chi connectivity index (χ0n) is 10.0. The molecular formula is C12H10ClN5O. The lowest BCUT2D eigenvalue weighted by atomic mass is 10.2. The third-order valence-electron chi connectivity index (χ3n) is 2.42. The van der Waals surface area contributed by atoms with Gasteiger partial charge >= 0.3 is 0 Å². The SMILES string of the molecule is Cn1cc(N)c(C(=O)Nc2ccc(C#N)cc2Cl)n1. The number of nitriles is 1. The lowest BCUT2D eigenvalue weighted by molar-refractivity contribution is 0.102. The molecule has 7 heteroatoms. The van der Waals surface area contributed by atoms with Crippen LogP contribution in [0.1, 0.15) is 16.1 Å². The molecule has 0 fully saturated rings. The van der Waals surface area contributed by atoms with Gasteiger partial charge in [-0.3, -0.25) is 9.48 Å². The van der Waals surface area contributed by atoms with E-state index in [1.807, 2.05) is 6.07 Å². The van der Waals surface area contributed by atoms with Gasteiger partial charge in [-0.2, -0.15) is 10.4 Å². The van der Waals surface area contributed by atoms with Gasteiger partial charge in [-0.15, -0.1) is 0 Å². The molecule has 0 aliphatic rings. The normalized spacial score (nSPS) is 9.95. The van der Waals surface area contributed by atoms with Crippen molar-refractivity contribution >= 4 is 28.9 Å². The van der Waals surface area contributed by atoms with Crippen molar-refractivity contribution in [1.29, 1.82) is 5.26 Å². The van der Waals surface area contributed by atoms with E-state index in [-0.39, 0.29) is 16.4 Å². The fourth-order valence-electron chi connectivity index (χ4n) is 1.55. The van der Waals surface area contributed by atoms with Crippen molar-refractivity contribution in [1.82, 2.24) is 9.78 Å². The molecule has 1 aromatic carbocycles. The van der Waals surface area contributed by atoms with Crippen molar-refractivity contribution in [3.05, 3.63) is 40.7 Å². The van der Waals surface area contributed by atoms with Gasteiger partial charge in [0, 0.05) is 13.2 Å². The van der Waals surface area contributed by atoms with Crippen LogP contribution in [0.5, 0.6) is 0 Å². The van der Waals surface area contributed by atoms with Gasteiger partial charge in [-0.25, -0.2) is 0 Å². The summed E-state index contributed by atoms with van der Waals surface area (Å²) in [6.45, 7) is 0. The van der Waals surface area contributed by atoms with Crippen LogP contribution in [0.15, 0.2) is 24.4 Å². The molecule has 2 aromatic rings. The smallest absolute Gasteiger partial charge is 0.278 e. The Morgan fingerprint density at radius 2 is 2.32 bits per heavy atom. The van der Waals surface area contributed by atoms with Crippen LogP contribution in [0.4, 0.5) is 11.4 Å². The highest BCUT2D eigenvalue weighted by Gasteiger charge is 2.15. The molecule has 0 bridgehead atoms. The van der Waals surface area contributed by atoms with Crippen molar-refractivity contribution in [2.45, 2.75) is 0 Å². The van der Waals surface area contributed by atoms with E-state index >= 15 is 0 Å². The second-order valence-electron chi connectivity index (χ2n) is 3.87. The van der Waals surface area contributed by atoms with Crippen LogP contribution in [0.3, 0.4) is 0 Å². The molecule has 0 saturated carbocycles. The van der Waals surface area contributed by atoms with Gasteiger partial charge in [0.1, 0.15) is 0 Å². The average molecular weight is 276 g/mol. The maximum atomic E-state index is 12.0. The van der Waals surface area contributed by atoms with Crippen molar-refractivity contribution < 1.29 is 4.79 Å². The predicted molar refractivity (Wildman–Crippen MR) is 71.7 cm³/mol. The van der Waals surface area contributed by atoms with E-state index in [2.05, 4.69) is 10.4 Å². The molecule has 1 heterocycles. The van der Waals surface area contributed by atoms with Crippen LogP contribution < -0.4 is 11.1 Å². The molecule has 19 heavy (non-hydrogen) atoms. The number of rotatable bonds is 2. The Morgan fingerprint density at radius 1 is 1.58 bits per heavy atom. The third kappa shape index (κ3) is 2.67. The predicted octanol–water partition coefficient (Wildman–Crippen LogP) is 1.78. The van der Waals surface area contributed by atoms with Crippen LogP contribution in [-0.4, -0.2) is 15.7 Å². The summed E-state index contributed by atoms with van der Waals surface area (Å²) < 4.78 is 1.45. The summed E-state index contributed by atoms with van der Waals surface area (Å²) in [6, 6.07) is 6.54. The third-order valence-corrected chi connectivity index (χ3v) is 2.73. The Balaban J connectivity index is 2.25. The fraction of sp³-hybridized carbons (Fsp3) is 0.0833. The number of anilines is 2. The van der Waals surface area contributed by atoms with Gasteiger partial charge in [0.05, 0.1) is 28.0 Å². The molecule has 0 spiro atoms. The summed E-state index contributed by atoms with van der Waals surface area (Å²) >= 11 is 5.96. The fourth-order valence-corrected chi connectivity index (χ4v) is 1.78. The number of amides is 1. The molecule has 0 aliphatic carbocycles. The number of hydrogen-bond acceptors (Lipinski definition) is 4. The first-order chi connectivity index (χ1) is 9.01. The molecule has 0 unspecified atom stereocenters. The summed E-state index contributed by atoms with van der Waals surface area (Å²) in [4.78, 5) is 12.0. The first-order valence-corrected chi connectivity index (χ1v) is 5.69. The Morgan fingerprint density at radius 3 is 2.84 bits per heavy atom. The summed E-state index contributed by atoms with van der Waals surface area (Å²) in [7, 11) is 1.67. The van der Waals surface area contributed by atoms with Crippen molar-refractivity contribution in [3.8, 4) is 6.07 Å². The summed E-state index contributed by atoms with van der Waals surface area (Å²) in [5, 5.41) is 15.6. The highest BCUT2D eigenvalue weighted by atomic mass is 35.5. The number of aromatic nitrogens is 2. The quantitative estimate of drug-likeness (QED) is 0.873. The van der Waals surface area contributed by atoms with E-state index in [1.54, 1.807) is 19.2 Å². The van der Waals surface area contributed by atoms with Gasteiger partial charge in [-0.05, 0) is 18.2 Å². The lowest BCUT2D eigenvalue weighted by Gasteiger charge is -2.06. The number of aryl methyl sites for hydroxylation is 1. The molecule has 1 aromatic heterocycles. The number of carbonyl (C=O) groups excluding carboxylic acids is 1. The van der Waals surface area contributed by atoms with Gasteiger partial charge in [-0.1, -0.05) is 11.6 Å². The minimum absolute atomic E-state index is 0.128. The highest BCUT2D eigenvalue weighted by Crippen LogP contribution is 2.23. The molecule has 96 valence electrons.